The summed E-state index contributed by atoms with van der Waals surface area (Å²) in [6.45, 7) is 8.25. The van der Waals surface area contributed by atoms with Crippen LogP contribution in [0, 0.1) is 6.92 Å². The lowest BCUT2D eigenvalue weighted by atomic mass is 10.3. The standard InChI is InChI=1S/C12H16N2O/c1-8(2)7-14-11(15)6-9(3)13-12(14)10-4-5-10/h6,10H,1,4-5,7H2,2-3H3. The highest BCUT2D eigenvalue weighted by Gasteiger charge is 2.28. The first-order chi connectivity index (χ1) is 7.08. The van der Waals surface area contributed by atoms with E-state index in [4.69, 9.17) is 0 Å². The second-order valence-electron chi connectivity index (χ2n) is 4.41. The molecular formula is C12H16N2O. The quantitative estimate of drug-likeness (QED) is 0.706. The average molecular weight is 204 g/mol. The Labute approximate surface area is 89.5 Å². The lowest BCUT2D eigenvalue weighted by Crippen LogP contribution is -2.25. The fourth-order valence-corrected chi connectivity index (χ4v) is 1.72. The summed E-state index contributed by atoms with van der Waals surface area (Å²) in [4.78, 5) is 16.3. The molecule has 0 radical (unpaired) electrons. The van der Waals surface area contributed by atoms with Gasteiger partial charge in [0.15, 0.2) is 0 Å². The van der Waals surface area contributed by atoms with E-state index < -0.39 is 0 Å². The molecule has 0 atom stereocenters. The van der Waals surface area contributed by atoms with Crippen molar-refractivity contribution < 1.29 is 0 Å². The number of aryl methyl sites for hydroxylation is 1. The monoisotopic (exact) mass is 204 g/mol. The predicted molar refractivity (Wildman–Crippen MR) is 60.0 cm³/mol. The highest BCUT2D eigenvalue weighted by atomic mass is 16.1. The third kappa shape index (κ3) is 2.17. The first kappa shape index (κ1) is 10.1. The van der Waals surface area contributed by atoms with E-state index in [1.807, 2.05) is 13.8 Å². The molecule has 1 aromatic rings. The summed E-state index contributed by atoms with van der Waals surface area (Å²) in [6, 6.07) is 1.59. The molecule has 1 aromatic heterocycles. The van der Waals surface area contributed by atoms with E-state index in [0.717, 1.165) is 29.9 Å². The molecule has 3 heteroatoms. The molecule has 0 amide bonds. The van der Waals surface area contributed by atoms with E-state index in [0.29, 0.717) is 12.5 Å². The van der Waals surface area contributed by atoms with Crippen LogP contribution in [0.5, 0.6) is 0 Å². The van der Waals surface area contributed by atoms with Gasteiger partial charge in [-0.25, -0.2) is 4.98 Å². The summed E-state index contributed by atoms with van der Waals surface area (Å²) in [5, 5.41) is 0. The zero-order chi connectivity index (χ0) is 11.0. The van der Waals surface area contributed by atoms with Crippen LogP contribution in [-0.2, 0) is 6.54 Å². The summed E-state index contributed by atoms with van der Waals surface area (Å²) < 4.78 is 1.76. The molecular weight excluding hydrogens is 188 g/mol. The van der Waals surface area contributed by atoms with Crippen LogP contribution in [0.15, 0.2) is 23.0 Å². The van der Waals surface area contributed by atoms with Gasteiger partial charge in [-0.3, -0.25) is 9.36 Å². The Kier molecular flexibility index (Phi) is 2.47. The lowest BCUT2D eigenvalue weighted by Gasteiger charge is -2.11. The van der Waals surface area contributed by atoms with Crippen LogP contribution in [-0.4, -0.2) is 9.55 Å². The maximum Gasteiger partial charge on any atom is 0.254 e. The highest BCUT2D eigenvalue weighted by Crippen LogP contribution is 2.38. The average Bonchev–Trinajstić information content (AvgIpc) is 2.91. The van der Waals surface area contributed by atoms with Crippen molar-refractivity contribution >= 4 is 0 Å². The molecule has 3 nitrogen and oxygen atoms in total. The Morgan fingerprint density at radius 1 is 1.67 bits per heavy atom. The van der Waals surface area contributed by atoms with Crippen LogP contribution in [0.4, 0.5) is 0 Å². The lowest BCUT2D eigenvalue weighted by molar-refractivity contribution is 0.657. The topological polar surface area (TPSA) is 34.9 Å². The minimum atomic E-state index is 0.0485. The first-order valence-electron chi connectivity index (χ1n) is 5.30. The van der Waals surface area contributed by atoms with E-state index in [1.54, 1.807) is 10.6 Å². The third-order valence-corrected chi connectivity index (χ3v) is 2.54. The largest absolute Gasteiger partial charge is 0.292 e. The molecule has 0 saturated heterocycles. The molecule has 0 N–H and O–H groups in total. The molecule has 80 valence electrons. The molecule has 1 saturated carbocycles. The number of aromatic nitrogens is 2. The minimum absolute atomic E-state index is 0.0485. The molecule has 1 heterocycles. The fourth-order valence-electron chi connectivity index (χ4n) is 1.72. The van der Waals surface area contributed by atoms with Crippen molar-refractivity contribution in [3.8, 4) is 0 Å². The van der Waals surface area contributed by atoms with E-state index in [9.17, 15) is 4.79 Å². The van der Waals surface area contributed by atoms with Gasteiger partial charge in [-0.2, -0.15) is 0 Å². The molecule has 0 unspecified atom stereocenters. The van der Waals surface area contributed by atoms with Crippen molar-refractivity contribution in [3.63, 3.8) is 0 Å². The van der Waals surface area contributed by atoms with Crippen LogP contribution >= 0.6 is 0 Å². The van der Waals surface area contributed by atoms with Gasteiger partial charge in [0.25, 0.3) is 5.56 Å². The van der Waals surface area contributed by atoms with Gasteiger partial charge in [0.2, 0.25) is 0 Å². The molecule has 1 aliphatic carbocycles. The van der Waals surface area contributed by atoms with Gasteiger partial charge >= 0.3 is 0 Å². The second-order valence-corrected chi connectivity index (χ2v) is 4.41. The third-order valence-electron chi connectivity index (χ3n) is 2.54. The molecule has 0 aliphatic heterocycles. The summed E-state index contributed by atoms with van der Waals surface area (Å²) in [5.41, 5.74) is 1.86. The molecule has 0 spiro atoms. The van der Waals surface area contributed by atoms with Gasteiger partial charge in [0.05, 0.1) is 0 Å². The van der Waals surface area contributed by atoms with Gasteiger partial charge in [-0.1, -0.05) is 12.2 Å². The summed E-state index contributed by atoms with van der Waals surface area (Å²) in [6.07, 6.45) is 2.32. The summed E-state index contributed by atoms with van der Waals surface area (Å²) in [5.74, 6) is 1.44. The van der Waals surface area contributed by atoms with Crippen molar-refractivity contribution in [1.82, 2.24) is 9.55 Å². The van der Waals surface area contributed by atoms with Gasteiger partial charge in [-0.05, 0) is 26.7 Å². The van der Waals surface area contributed by atoms with Gasteiger partial charge in [0.1, 0.15) is 5.82 Å². The van der Waals surface area contributed by atoms with E-state index in [2.05, 4.69) is 11.6 Å². The van der Waals surface area contributed by atoms with Crippen molar-refractivity contribution in [3.05, 3.63) is 40.1 Å². The molecule has 0 aromatic carbocycles. The van der Waals surface area contributed by atoms with Crippen LogP contribution in [0.25, 0.3) is 0 Å². The number of nitrogens with zero attached hydrogens (tertiary/aromatic N) is 2. The van der Waals surface area contributed by atoms with E-state index in [1.165, 1.54) is 0 Å². The summed E-state index contributed by atoms with van der Waals surface area (Å²) in [7, 11) is 0. The van der Waals surface area contributed by atoms with Crippen LogP contribution < -0.4 is 5.56 Å². The maximum absolute atomic E-state index is 11.8. The predicted octanol–water partition coefficient (Wildman–Crippen LogP) is 2.01. The normalized spacial score (nSPS) is 15.3. The fraction of sp³-hybridized carbons (Fsp3) is 0.500. The van der Waals surface area contributed by atoms with Gasteiger partial charge in [-0.15, -0.1) is 0 Å². The number of allylic oxidation sites excluding steroid dienone is 1. The minimum Gasteiger partial charge on any atom is -0.292 e. The Morgan fingerprint density at radius 2 is 2.33 bits per heavy atom. The van der Waals surface area contributed by atoms with E-state index >= 15 is 0 Å². The smallest absolute Gasteiger partial charge is 0.254 e. The Morgan fingerprint density at radius 3 is 2.87 bits per heavy atom. The van der Waals surface area contributed by atoms with Crippen LogP contribution in [0.1, 0.15) is 37.2 Å². The Balaban J connectivity index is 2.48. The molecule has 2 rings (SSSR count). The number of hydrogen-bond acceptors (Lipinski definition) is 2. The van der Waals surface area contributed by atoms with Crippen molar-refractivity contribution in [2.45, 2.75) is 39.2 Å². The number of rotatable bonds is 3. The van der Waals surface area contributed by atoms with Gasteiger partial charge < -0.3 is 0 Å². The van der Waals surface area contributed by atoms with Crippen molar-refractivity contribution in [2.75, 3.05) is 0 Å². The SMILES string of the molecule is C=C(C)Cn1c(C2CC2)nc(C)cc1=O. The van der Waals surface area contributed by atoms with Crippen LogP contribution in [0.2, 0.25) is 0 Å². The van der Waals surface area contributed by atoms with Crippen molar-refractivity contribution in [2.24, 2.45) is 0 Å². The first-order valence-corrected chi connectivity index (χ1v) is 5.30. The molecule has 1 aliphatic rings. The number of hydrogen-bond donors (Lipinski definition) is 0. The Bertz CT molecular complexity index is 455. The maximum atomic E-state index is 11.8. The van der Waals surface area contributed by atoms with Crippen LogP contribution in [0.3, 0.4) is 0 Å². The molecule has 1 fully saturated rings. The van der Waals surface area contributed by atoms with Crippen molar-refractivity contribution in [1.29, 1.82) is 0 Å². The summed E-state index contributed by atoms with van der Waals surface area (Å²) >= 11 is 0. The molecule has 15 heavy (non-hydrogen) atoms. The zero-order valence-electron chi connectivity index (χ0n) is 9.29. The Hall–Kier alpha value is -1.38. The highest BCUT2D eigenvalue weighted by molar-refractivity contribution is 5.13. The van der Waals surface area contributed by atoms with Gasteiger partial charge in [0, 0.05) is 24.2 Å². The second kappa shape index (κ2) is 3.65. The zero-order valence-corrected chi connectivity index (χ0v) is 9.29. The van der Waals surface area contributed by atoms with E-state index in [-0.39, 0.29) is 5.56 Å². The molecule has 0 bridgehead atoms.